The van der Waals surface area contributed by atoms with Crippen LogP contribution >= 0.6 is 0 Å². The van der Waals surface area contributed by atoms with Gasteiger partial charge in [-0.2, -0.15) is 0 Å². The zero-order chi connectivity index (χ0) is 22.7. The second-order valence-corrected chi connectivity index (χ2v) is 7.79. The van der Waals surface area contributed by atoms with Crippen molar-refractivity contribution in [2.75, 3.05) is 19.7 Å². The summed E-state index contributed by atoms with van der Waals surface area (Å²) in [6, 6.07) is 13.3. The average molecular weight is 441 g/mol. The minimum atomic E-state index is -1.02. The highest BCUT2D eigenvalue weighted by molar-refractivity contribution is 5.84. The summed E-state index contributed by atoms with van der Waals surface area (Å²) in [5, 5.41) is 3.99. The molecule has 1 atom stereocenters. The fourth-order valence-corrected chi connectivity index (χ4v) is 3.80. The molecule has 0 aliphatic carbocycles. The van der Waals surface area contributed by atoms with E-state index in [0.29, 0.717) is 30.0 Å². The number of halogens is 2. The Balaban J connectivity index is 1.42. The van der Waals surface area contributed by atoms with Crippen molar-refractivity contribution in [3.63, 3.8) is 0 Å². The van der Waals surface area contributed by atoms with Crippen LogP contribution in [0.15, 0.2) is 59.1 Å². The van der Waals surface area contributed by atoms with Gasteiger partial charge in [-0.3, -0.25) is 9.59 Å². The van der Waals surface area contributed by atoms with Gasteiger partial charge in [0.05, 0.1) is 5.41 Å². The highest BCUT2D eigenvalue weighted by Crippen LogP contribution is 2.35. The number of aromatic nitrogens is 1. The average Bonchev–Trinajstić information content (AvgIpc) is 3.42. The lowest BCUT2D eigenvalue weighted by Crippen LogP contribution is -2.43. The topological polar surface area (TPSA) is 98.7 Å². The molecule has 166 valence electrons. The molecule has 2 N–H and O–H groups in total. The number of ether oxygens (including phenoxy) is 1. The maximum absolute atomic E-state index is 13.7. The van der Waals surface area contributed by atoms with Gasteiger partial charge < -0.3 is 19.9 Å². The number of carbonyl (C=O) groups excluding carboxylic acids is 2. The molecule has 1 aromatic heterocycles. The van der Waals surface area contributed by atoms with Crippen LogP contribution in [0.4, 0.5) is 8.78 Å². The molecule has 0 radical (unpaired) electrons. The Hall–Kier alpha value is -3.75. The molecule has 2 heterocycles. The van der Waals surface area contributed by atoms with Crippen LogP contribution in [0.3, 0.4) is 0 Å². The second-order valence-electron chi connectivity index (χ2n) is 7.79. The predicted molar refractivity (Wildman–Crippen MR) is 110 cm³/mol. The number of likely N-dealkylation sites (tertiary alicyclic amines) is 1. The lowest BCUT2D eigenvalue weighted by molar-refractivity contribution is -0.133. The number of nitrogens with two attached hydrogens (primary N) is 1. The van der Waals surface area contributed by atoms with Gasteiger partial charge in [-0.25, -0.2) is 8.78 Å². The standard InChI is InChI=1S/C23H21F2N3O4/c24-16-7-5-15(6-8-16)19-11-17(32-27-19)12-23(22(26)30)9-10-28(14-23)21(29)13-31-20-4-2-1-3-18(20)25/h1-8,11H,9-10,12-14H2,(H2,26,30)/t23-/m1/s1. The van der Waals surface area contributed by atoms with Crippen molar-refractivity contribution in [2.24, 2.45) is 11.1 Å². The fourth-order valence-electron chi connectivity index (χ4n) is 3.80. The molecule has 1 fully saturated rings. The minimum absolute atomic E-state index is 0.0174. The first-order valence-electron chi connectivity index (χ1n) is 10.0. The molecular weight excluding hydrogens is 420 g/mol. The van der Waals surface area contributed by atoms with E-state index in [-0.39, 0.29) is 37.0 Å². The normalized spacial score (nSPS) is 18.0. The second kappa shape index (κ2) is 8.78. The van der Waals surface area contributed by atoms with Gasteiger partial charge in [0.1, 0.15) is 17.3 Å². The zero-order valence-electron chi connectivity index (χ0n) is 17.1. The smallest absolute Gasteiger partial charge is 0.260 e. The predicted octanol–water partition coefficient (Wildman–Crippen LogP) is 2.95. The van der Waals surface area contributed by atoms with E-state index in [9.17, 15) is 18.4 Å². The quantitative estimate of drug-likeness (QED) is 0.608. The van der Waals surface area contributed by atoms with Gasteiger partial charge >= 0.3 is 0 Å². The van der Waals surface area contributed by atoms with E-state index in [1.165, 1.54) is 35.2 Å². The summed E-state index contributed by atoms with van der Waals surface area (Å²) >= 11 is 0. The van der Waals surface area contributed by atoms with Crippen LogP contribution in [0.25, 0.3) is 11.3 Å². The van der Waals surface area contributed by atoms with E-state index in [1.54, 1.807) is 24.3 Å². The minimum Gasteiger partial charge on any atom is -0.481 e. The van der Waals surface area contributed by atoms with Crippen molar-refractivity contribution in [3.05, 3.63) is 72.0 Å². The highest BCUT2D eigenvalue weighted by atomic mass is 19.1. The molecule has 0 saturated carbocycles. The van der Waals surface area contributed by atoms with Crippen LogP contribution in [0.2, 0.25) is 0 Å². The van der Waals surface area contributed by atoms with Crippen molar-refractivity contribution < 1.29 is 27.6 Å². The summed E-state index contributed by atoms with van der Waals surface area (Å²) in [7, 11) is 0. The first kappa shape index (κ1) is 21.5. The molecule has 1 saturated heterocycles. The monoisotopic (exact) mass is 441 g/mol. The molecule has 2 amide bonds. The maximum Gasteiger partial charge on any atom is 0.260 e. The van der Waals surface area contributed by atoms with Crippen molar-refractivity contribution in [1.29, 1.82) is 0 Å². The number of nitrogens with zero attached hydrogens (tertiary/aromatic N) is 2. The SMILES string of the molecule is NC(=O)[C@@]1(Cc2cc(-c3ccc(F)cc3)no2)CCN(C(=O)COc2ccccc2F)C1. The Kier molecular flexibility index (Phi) is 5.89. The van der Waals surface area contributed by atoms with Crippen molar-refractivity contribution in [3.8, 4) is 17.0 Å². The van der Waals surface area contributed by atoms with Gasteiger partial charge in [0.25, 0.3) is 5.91 Å². The van der Waals surface area contributed by atoms with Crippen LogP contribution in [0.1, 0.15) is 12.2 Å². The van der Waals surface area contributed by atoms with E-state index in [2.05, 4.69) is 5.16 Å². The first-order valence-corrected chi connectivity index (χ1v) is 10.0. The first-order chi connectivity index (χ1) is 15.4. The van der Waals surface area contributed by atoms with Crippen molar-refractivity contribution in [1.82, 2.24) is 10.1 Å². The van der Waals surface area contributed by atoms with Crippen LogP contribution in [-0.4, -0.2) is 41.6 Å². The van der Waals surface area contributed by atoms with Crippen molar-refractivity contribution >= 4 is 11.8 Å². The number of rotatable bonds is 7. The van der Waals surface area contributed by atoms with Gasteiger partial charge in [-0.05, 0) is 42.8 Å². The summed E-state index contributed by atoms with van der Waals surface area (Å²) in [5.74, 6) is -1.44. The Morgan fingerprint density at radius 2 is 1.91 bits per heavy atom. The molecule has 32 heavy (non-hydrogen) atoms. The van der Waals surface area contributed by atoms with Gasteiger partial charge in [-0.15, -0.1) is 0 Å². The lowest BCUT2D eigenvalue weighted by atomic mass is 9.82. The third kappa shape index (κ3) is 4.46. The van der Waals surface area contributed by atoms with Crippen molar-refractivity contribution in [2.45, 2.75) is 12.8 Å². The number of para-hydroxylation sites is 1. The molecule has 1 aliphatic heterocycles. The van der Waals surface area contributed by atoms with Gasteiger partial charge in [0.2, 0.25) is 5.91 Å². The Labute approximate surface area is 182 Å². The van der Waals surface area contributed by atoms with Gasteiger partial charge in [0.15, 0.2) is 18.2 Å². The Morgan fingerprint density at radius 1 is 1.16 bits per heavy atom. The zero-order valence-corrected chi connectivity index (χ0v) is 17.1. The third-order valence-electron chi connectivity index (χ3n) is 5.63. The molecule has 9 heteroatoms. The van der Waals surface area contributed by atoms with Crippen LogP contribution in [-0.2, 0) is 16.0 Å². The Bertz CT molecular complexity index is 1130. The molecular formula is C23H21F2N3O4. The summed E-state index contributed by atoms with van der Waals surface area (Å²) < 4.78 is 37.5. The number of primary amides is 1. The summed E-state index contributed by atoms with van der Waals surface area (Å²) in [5.41, 5.74) is 5.85. The van der Waals surface area contributed by atoms with Gasteiger partial charge in [0, 0.05) is 31.1 Å². The molecule has 1 aliphatic rings. The molecule has 7 nitrogen and oxygen atoms in total. The summed E-state index contributed by atoms with van der Waals surface area (Å²) in [6.45, 7) is 0.0442. The number of amides is 2. The number of benzene rings is 2. The lowest BCUT2D eigenvalue weighted by Gasteiger charge is -2.24. The Morgan fingerprint density at radius 3 is 2.62 bits per heavy atom. The van der Waals surface area contributed by atoms with Gasteiger partial charge in [-0.1, -0.05) is 17.3 Å². The van der Waals surface area contributed by atoms with E-state index in [4.69, 9.17) is 15.0 Å². The van der Waals surface area contributed by atoms with E-state index in [1.807, 2.05) is 0 Å². The van der Waals surface area contributed by atoms with Crippen LogP contribution in [0, 0.1) is 17.0 Å². The number of carbonyl (C=O) groups is 2. The number of hydrogen-bond donors (Lipinski definition) is 1. The number of hydrogen-bond acceptors (Lipinski definition) is 5. The molecule has 0 unspecified atom stereocenters. The van der Waals surface area contributed by atoms with E-state index < -0.39 is 17.1 Å². The van der Waals surface area contributed by atoms with Crippen LogP contribution in [0.5, 0.6) is 5.75 Å². The van der Waals surface area contributed by atoms with Crippen LogP contribution < -0.4 is 10.5 Å². The molecule has 2 aromatic carbocycles. The largest absolute Gasteiger partial charge is 0.481 e. The highest BCUT2D eigenvalue weighted by Gasteiger charge is 2.45. The maximum atomic E-state index is 13.7. The molecule has 0 bridgehead atoms. The molecule has 3 aromatic rings. The fraction of sp³-hybridized carbons (Fsp3) is 0.261. The summed E-state index contributed by atoms with van der Waals surface area (Å²) in [6.07, 6.45) is 0.509. The van der Waals surface area contributed by atoms with E-state index in [0.717, 1.165) is 0 Å². The molecule has 0 spiro atoms. The third-order valence-corrected chi connectivity index (χ3v) is 5.63. The molecule has 4 rings (SSSR count). The van der Waals surface area contributed by atoms with E-state index >= 15 is 0 Å². The summed E-state index contributed by atoms with van der Waals surface area (Å²) in [4.78, 5) is 26.4.